The van der Waals surface area contributed by atoms with Crippen molar-refractivity contribution >= 4 is 5.91 Å². The monoisotopic (exact) mass is 375 g/mol. The van der Waals surface area contributed by atoms with E-state index in [2.05, 4.69) is 32.2 Å². The number of aliphatic hydroxyl groups excluding tert-OH is 1. The van der Waals surface area contributed by atoms with E-state index < -0.39 is 5.79 Å². The van der Waals surface area contributed by atoms with Crippen molar-refractivity contribution in [1.29, 1.82) is 0 Å². The first-order valence-corrected chi connectivity index (χ1v) is 10.7. The van der Waals surface area contributed by atoms with Gasteiger partial charge in [0.15, 0.2) is 5.79 Å². The lowest BCUT2D eigenvalue weighted by Gasteiger charge is -2.59. The maximum atomic E-state index is 11.9. The van der Waals surface area contributed by atoms with Gasteiger partial charge in [0.1, 0.15) is 0 Å². The van der Waals surface area contributed by atoms with Gasteiger partial charge in [-0.3, -0.25) is 4.79 Å². The van der Waals surface area contributed by atoms with E-state index >= 15 is 0 Å². The molecular formula is C22H33NO4. The number of amides is 1. The van der Waals surface area contributed by atoms with Gasteiger partial charge in [-0.05, 0) is 62.2 Å². The zero-order valence-corrected chi connectivity index (χ0v) is 16.8. The SMILES string of the molecule is CC1(C2CCC3C4CC=C5NC(=O)CCC5(C)C4C(O)CC32C)OCCO1. The lowest BCUT2D eigenvalue weighted by Crippen LogP contribution is -2.59. The first-order valence-electron chi connectivity index (χ1n) is 10.7. The van der Waals surface area contributed by atoms with Crippen molar-refractivity contribution in [2.45, 2.75) is 71.2 Å². The van der Waals surface area contributed by atoms with Crippen LogP contribution in [0.4, 0.5) is 0 Å². The second-order valence-corrected chi connectivity index (χ2v) is 10.2. The van der Waals surface area contributed by atoms with E-state index in [1.807, 2.05) is 0 Å². The summed E-state index contributed by atoms with van der Waals surface area (Å²) >= 11 is 0. The number of hydrogen-bond donors (Lipinski definition) is 2. The smallest absolute Gasteiger partial charge is 0.224 e. The molecule has 5 nitrogen and oxygen atoms in total. The highest BCUT2D eigenvalue weighted by Crippen LogP contribution is 2.67. The van der Waals surface area contributed by atoms with Gasteiger partial charge in [0.05, 0.1) is 19.3 Å². The van der Waals surface area contributed by atoms with Crippen LogP contribution in [0.1, 0.15) is 59.3 Å². The molecule has 4 fully saturated rings. The molecule has 150 valence electrons. The molecule has 1 amide bonds. The highest BCUT2D eigenvalue weighted by Gasteiger charge is 2.65. The second kappa shape index (κ2) is 5.80. The van der Waals surface area contributed by atoms with Crippen molar-refractivity contribution in [3.05, 3.63) is 11.8 Å². The zero-order chi connectivity index (χ0) is 19.0. The standard InChI is InChI=1S/C22H33NO4/c1-20-9-8-18(25)23-17(20)7-4-13-14-5-6-16(22(3)26-10-11-27-22)21(14,2)12-15(24)19(13)20/h7,13-16,19,24H,4-6,8-12H2,1-3H3,(H,23,25). The van der Waals surface area contributed by atoms with Gasteiger partial charge in [0.2, 0.25) is 5.91 Å². The third-order valence-electron chi connectivity index (χ3n) is 9.04. The zero-order valence-electron chi connectivity index (χ0n) is 16.8. The van der Waals surface area contributed by atoms with Gasteiger partial charge in [0, 0.05) is 23.5 Å². The molecule has 7 unspecified atom stereocenters. The molecule has 2 saturated carbocycles. The summed E-state index contributed by atoms with van der Waals surface area (Å²) in [5.74, 6) is 1.22. The van der Waals surface area contributed by atoms with Crippen LogP contribution in [0, 0.1) is 34.5 Å². The van der Waals surface area contributed by atoms with Crippen LogP contribution in [0.2, 0.25) is 0 Å². The number of aliphatic hydroxyl groups is 1. The summed E-state index contributed by atoms with van der Waals surface area (Å²) in [4.78, 5) is 11.9. The van der Waals surface area contributed by atoms with Gasteiger partial charge in [-0.15, -0.1) is 0 Å². The van der Waals surface area contributed by atoms with Gasteiger partial charge in [0.25, 0.3) is 0 Å². The van der Waals surface area contributed by atoms with Crippen LogP contribution in [0.25, 0.3) is 0 Å². The summed E-state index contributed by atoms with van der Waals surface area (Å²) < 4.78 is 12.1. The fraction of sp³-hybridized carbons (Fsp3) is 0.864. The normalized spacial score (nSPS) is 51.0. The number of carbonyl (C=O) groups excluding carboxylic acids is 1. The maximum Gasteiger partial charge on any atom is 0.224 e. The minimum Gasteiger partial charge on any atom is -0.393 e. The summed E-state index contributed by atoms with van der Waals surface area (Å²) in [7, 11) is 0. The molecule has 5 heteroatoms. The molecule has 5 aliphatic rings. The summed E-state index contributed by atoms with van der Waals surface area (Å²) in [6.45, 7) is 8.08. The molecule has 27 heavy (non-hydrogen) atoms. The minimum absolute atomic E-state index is 0.0410. The van der Waals surface area contributed by atoms with E-state index in [-0.39, 0.29) is 28.8 Å². The number of nitrogens with one attached hydrogen (secondary N) is 1. The fourth-order valence-electron chi connectivity index (χ4n) is 7.92. The number of allylic oxidation sites excluding steroid dienone is 2. The van der Waals surface area contributed by atoms with Crippen LogP contribution >= 0.6 is 0 Å². The molecule has 2 saturated heterocycles. The predicted molar refractivity (Wildman–Crippen MR) is 100 cm³/mol. The first-order chi connectivity index (χ1) is 12.8. The van der Waals surface area contributed by atoms with Crippen molar-refractivity contribution in [2.24, 2.45) is 34.5 Å². The Labute approximate surface area is 161 Å². The van der Waals surface area contributed by atoms with Gasteiger partial charge in [-0.1, -0.05) is 19.9 Å². The molecule has 3 aliphatic carbocycles. The molecule has 2 heterocycles. The Morgan fingerprint density at radius 3 is 2.67 bits per heavy atom. The van der Waals surface area contributed by atoms with Crippen LogP contribution in [0.5, 0.6) is 0 Å². The number of rotatable bonds is 1. The van der Waals surface area contributed by atoms with Crippen molar-refractivity contribution in [3.63, 3.8) is 0 Å². The summed E-state index contributed by atoms with van der Waals surface area (Å²) in [5, 5.41) is 14.5. The Bertz CT molecular complexity index is 684. The van der Waals surface area contributed by atoms with Crippen molar-refractivity contribution in [3.8, 4) is 0 Å². The van der Waals surface area contributed by atoms with Gasteiger partial charge in [-0.2, -0.15) is 0 Å². The van der Waals surface area contributed by atoms with Crippen LogP contribution < -0.4 is 5.32 Å². The maximum absolute atomic E-state index is 11.9. The molecule has 0 aromatic carbocycles. The molecular weight excluding hydrogens is 342 g/mol. The lowest BCUT2D eigenvalue weighted by molar-refractivity contribution is -0.223. The van der Waals surface area contributed by atoms with Crippen LogP contribution in [-0.2, 0) is 14.3 Å². The van der Waals surface area contributed by atoms with E-state index in [0.717, 1.165) is 31.4 Å². The van der Waals surface area contributed by atoms with Crippen molar-refractivity contribution < 1.29 is 19.4 Å². The Kier molecular flexibility index (Phi) is 3.90. The average Bonchev–Trinajstić information content (AvgIpc) is 3.19. The first kappa shape index (κ1) is 18.1. The molecule has 0 bridgehead atoms. The Hall–Kier alpha value is -0.910. The van der Waals surface area contributed by atoms with E-state index in [1.54, 1.807) is 0 Å². The van der Waals surface area contributed by atoms with Gasteiger partial charge >= 0.3 is 0 Å². The molecule has 0 aromatic rings. The topological polar surface area (TPSA) is 67.8 Å². The fourth-order valence-corrected chi connectivity index (χ4v) is 7.92. The van der Waals surface area contributed by atoms with Crippen molar-refractivity contribution in [1.82, 2.24) is 5.32 Å². The van der Waals surface area contributed by atoms with E-state index in [9.17, 15) is 9.90 Å². The molecule has 2 N–H and O–H groups in total. The quantitative estimate of drug-likeness (QED) is 0.739. The number of ether oxygens (including phenoxy) is 2. The van der Waals surface area contributed by atoms with E-state index in [1.165, 1.54) is 6.42 Å². The highest BCUT2D eigenvalue weighted by atomic mass is 16.7. The Morgan fingerprint density at radius 2 is 1.93 bits per heavy atom. The molecule has 2 aliphatic heterocycles. The highest BCUT2D eigenvalue weighted by molar-refractivity contribution is 5.79. The van der Waals surface area contributed by atoms with Crippen molar-refractivity contribution in [2.75, 3.05) is 13.2 Å². The number of piperidine rings is 1. The lowest BCUT2D eigenvalue weighted by atomic mass is 9.48. The number of hydrogen-bond acceptors (Lipinski definition) is 4. The van der Waals surface area contributed by atoms with Crippen LogP contribution in [0.3, 0.4) is 0 Å². The van der Waals surface area contributed by atoms with Gasteiger partial charge in [-0.25, -0.2) is 0 Å². The molecule has 5 rings (SSSR count). The minimum atomic E-state index is -0.506. The van der Waals surface area contributed by atoms with Crippen LogP contribution in [0.15, 0.2) is 11.8 Å². The number of carbonyl (C=O) groups is 1. The molecule has 0 radical (unpaired) electrons. The van der Waals surface area contributed by atoms with Crippen LogP contribution in [-0.4, -0.2) is 36.1 Å². The summed E-state index contributed by atoms with van der Waals surface area (Å²) in [6, 6.07) is 0. The van der Waals surface area contributed by atoms with Gasteiger partial charge < -0.3 is 19.9 Å². The average molecular weight is 376 g/mol. The van der Waals surface area contributed by atoms with E-state index in [0.29, 0.717) is 37.4 Å². The second-order valence-electron chi connectivity index (χ2n) is 10.2. The number of fused-ring (bicyclic) bond motifs is 5. The summed E-state index contributed by atoms with van der Waals surface area (Å²) in [6.07, 6.45) is 7.38. The largest absolute Gasteiger partial charge is 0.393 e. The Balaban J connectivity index is 1.50. The Morgan fingerprint density at radius 1 is 1.19 bits per heavy atom. The molecule has 7 atom stereocenters. The molecule has 0 aromatic heterocycles. The molecule has 0 spiro atoms. The predicted octanol–water partition coefficient (Wildman–Crippen LogP) is 2.98. The third kappa shape index (κ3) is 2.37. The third-order valence-corrected chi connectivity index (χ3v) is 9.04. The summed E-state index contributed by atoms with van der Waals surface area (Å²) in [5.41, 5.74) is 0.991. The van der Waals surface area contributed by atoms with E-state index in [4.69, 9.17) is 9.47 Å².